The van der Waals surface area contributed by atoms with Crippen molar-refractivity contribution in [3.05, 3.63) is 54.1 Å². The maximum Gasteiger partial charge on any atom is 0.168 e. The number of carbonyl (C=O) groups is 1. The van der Waals surface area contributed by atoms with Crippen molar-refractivity contribution in [1.82, 2.24) is 20.3 Å². The zero-order valence-corrected chi connectivity index (χ0v) is 12.7. The Bertz CT molecular complexity index is 791. The third-order valence-corrected chi connectivity index (χ3v) is 3.05. The van der Waals surface area contributed by atoms with Crippen LogP contribution in [0.2, 0.25) is 0 Å². The van der Waals surface area contributed by atoms with Gasteiger partial charge in [0.2, 0.25) is 0 Å². The molecule has 0 unspecified atom stereocenters. The number of anilines is 2. The number of pyridine rings is 1. The van der Waals surface area contributed by atoms with E-state index in [2.05, 4.69) is 26.3 Å². The molecule has 3 aromatic rings. The molecule has 0 aliphatic rings. The number of nitrogens with one attached hydrogen (secondary N) is 1. The Hall–Kier alpha value is -3.06. The minimum atomic E-state index is 0.417. The van der Waals surface area contributed by atoms with Crippen LogP contribution in [0.15, 0.2) is 42.9 Å². The molecule has 0 fully saturated rings. The highest BCUT2D eigenvalue weighted by Gasteiger charge is 2.02. The van der Waals surface area contributed by atoms with Crippen LogP contribution in [0.3, 0.4) is 0 Å². The molecule has 7 heteroatoms. The molecule has 2 aromatic heterocycles. The number of nitrogens with zero attached hydrogens (tertiary/aromatic N) is 3. The van der Waals surface area contributed by atoms with E-state index in [4.69, 9.17) is 11.5 Å². The lowest BCUT2D eigenvalue weighted by molar-refractivity contribution is 0.111. The lowest BCUT2D eigenvalue weighted by Gasteiger charge is -2.05. The fourth-order valence-electron chi connectivity index (χ4n) is 2.04. The highest BCUT2D eigenvalue weighted by Crippen LogP contribution is 2.22. The van der Waals surface area contributed by atoms with Crippen LogP contribution in [0, 0.1) is 0 Å². The molecule has 0 saturated carbocycles. The third kappa shape index (κ3) is 4.45. The van der Waals surface area contributed by atoms with Gasteiger partial charge in [0.15, 0.2) is 6.29 Å². The maximum absolute atomic E-state index is 9.92. The molecule has 1 aromatic carbocycles. The molecule has 7 nitrogen and oxygen atoms in total. The van der Waals surface area contributed by atoms with Gasteiger partial charge in [-0.3, -0.25) is 4.79 Å². The van der Waals surface area contributed by atoms with Gasteiger partial charge in [-0.05, 0) is 36.2 Å². The predicted molar refractivity (Wildman–Crippen MR) is 90.8 cm³/mol. The first-order valence-corrected chi connectivity index (χ1v) is 6.94. The van der Waals surface area contributed by atoms with Crippen LogP contribution in [-0.4, -0.2) is 28.3 Å². The minimum Gasteiger partial charge on any atom is -0.384 e. The van der Waals surface area contributed by atoms with Gasteiger partial charge in [0.25, 0.3) is 0 Å². The van der Waals surface area contributed by atoms with E-state index in [-0.39, 0.29) is 0 Å². The molecule has 5 N–H and O–H groups in total. The van der Waals surface area contributed by atoms with Gasteiger partial charge in [0.1, 0.15) is 23.7 Å². The van der Waals surface area contributed by atoms with Crippen molar-refractivity contribution < 1.29 is 4.79 Å². The van der Waals surface area contributed by atoms with Crippen molar-refractivity contribution in [2.75, 3.05) is 18.5 Å². The number of benzene rings is 1. The summed E-state index contributed by atoms with van der Waals surface area (Å²) in [6, 6.07) is 9.47. The summed E-state index contributed by atoms with van der Waals surface area (Å²) < 4.78 is 0. The van der Waals surface area contributed by atoms with Crippen molar-refractivity contribution in [2.24, 2.45) is 0 Å². The number of hydrogen-bond donors (Lipinski definition) is 3. The molecule has 0 aliphatic carbocycles. The van der Waals surface area contributed by atoms with Gasteiger partial charge in [-0.1, -0.05) is 12.1 Å². The van der Waals surface area contributed by atoms with Crippen LogP contribution in [0.1, 0.15) is 16.1 Å². The van der Waals surface area contributed by atoms with Gasteiger partial charge in [-0.15, -0.1) is 0 Å². The van der Waals surface area contributed by atoms with E-state index in [1.165, 1.54) is 18.1 Å². The van der Waals surface area contributed by atoms with Gasteiger partial charge in [0, 0.05) is 18.1 Å². The number of nitrogen functional groups attached to an aromatic ring is 2. The zero-order valence-electron chi connectivity index (χ0n) is 12.7. The number of fused-ring (bicyclic) bond motifs is 1. The Labute approximate surface area is 133 Å². The SMILES string of the molecule is CNCc1ccc2c(N)nc(N)cc2c1.O=Cc1ccncn1. The van der Waals surface area contributed by atoms with Gasteiger partial charge < -0.3 is 16.8 Å². The molecule has 3 rings (SSSR count). The lowest BCUT2D eigenvalue weighted by Crippen LogP contribution is -2.05. The van der Waals surface area contributed by atoms with E-state index < -0.39 is 0 Å². The highest BCUT2D eigenvalue weighted by atomic mass is 16.1. The van der Waals surface area contributed by atoms with Crippen molar-refractivity contribution in [3.8, 4) is 0 Å². The number of nitrogens with two attached hydrogens (primary N) is 2. The zero-order chi connectivity index (χ0) is 16.7. The van der Waals surface area contributed by atoms with Gasteiger partial charge in [-0.2, -0.15) is 0 Å². The second-order valence-corrected chi connectivity index (χ2v) is 4.77. The van der Waals surface area contributed by atoms with Crippen molar-refractivity contribution in [3.63, 3.8) is 0 Å². The van der Waals surface area contributed by atoms with Crippen LogP contribution in [0.5, 0.6) is 0 Å². The van der Waals surface area contributed by atoms with E-state index >= 15 is 0 Å². The second kappa shape index (κ2) is 7.81. The molecule has 0 saturated heterocycles. The van der Waals surface area contributed by atoms with Gasteiger partial charge in [0.05, 0.1) is 0 Å². The van der Waals surface area contributed by atoms with E-state index in [1.54, 1.807) is 6.07 Å². The summed E-state index contributed by atoms with van der Waals surface area (Å²) in [6.07, 6.45) is 3.54. The van der Waals surface area contributed by atoms with Crippen molar-refractivity contribution in [1.29, 1.82) is 0 Å². The topological polar surface area (TPSA) is 120 Å². The summed E-state index contributed by atoms with van der Waals surface area (Å²) in [5, 5.41) is 5.08. The molecular weight excluding hydrogens is 292 g/mol. The highest BCUT2D eigenvalue weighted by molar-refractivity contribution is 5.93. The molecule has 0 amide bonds. The maximum atomic E-state index is 9.92. The molecular formula is C16H18N6O. The second-order valence-electron chi connectivity index (χ2n) is 4.77. The van der Waals surface area contributed by atoms with Gasteiger partial charge in [-0.25, -0.2) is 15.0 Å². The van der Waals surface area contributed by atoms with Crippen LogP contribution >= 0.6 is 0 Å². The van der Waals surface area contributed by atoms with Crippen molar-refractivity contribution in [2.45, 2.75) is 6.54 Å². The summed E-state index contributed by atoms with van der Waals surface area (Å²) in [7, 11) is 1.92. The number of aldehydes is 1. The summed E-state index contributed by atoms with van der Waals surface area (Å²) in [4.78, 5) is 21.2. The molecule has 0 radical (unpaired) electrons. The Balaban J connectivity index is 0.000000203. The Morgan fingerprint density at radius 3 is 2.65 bits per heavy atom. The molecule has 23 heavy (non-hydrogen) atoms. The summed E-state index contributed by atoms with van der Waals surface area (Å²) >= 11 is 0. The first kappa shape index (κ1) is 16.3. The monoisotopic (exact) mass is 310 g/mol. The fraction of sp³-hybridized carbons (Fsp3) is 0.125. The van der Waals surface area contributed by atoms with E-state index in [9.17, 15) is 4.79 Å². The molecule has 118 valence electrons. The normalized spacial score (nSPS) is 9.96. The fourth-order valence-corrected chi connectivity index (χ4v) is 2.04. The largest absolute Gasteiger partial charge is 0.384 e. The first-order chi connectivity index (χ1) is 11.1. The van der Waals surface area contributed by atoms with E-state index in [0.29, 0.717) is 23.6 Å². The quantitative estimate of drug-likeness (QED) is 0.625. The van der Waals surface area contributed by atoms with Crippen LogP contribution < -0.4 is 16.8 Å². The molecule has 0 spiro atoms. The summed E-state index contributed by atoms with van der Waals surface area (Å²) in [6.45, 7) is 0.831. The molecule has 0 atom stereocenters. The number of aromatic nitrogens is 3. The van der Waals surface area contributed by atoms with E-state index in [0.717, 1.165) is 17.3 Å². The Kier molecular flexibility index (Phi) is 5.54. The first-order valence-electron chi connectivity index (χ1n) is 6.94. The third-order valence-electron chi connectivity index (χ3n) is 3.05. The minimum absolute atomic E-state index is 0.417. The van der Waals surface area contributed by atoms with Crippen LogP contribution in [0.4, 0.5) is 11.6 Å². The number of hydrogen-bond acceptors (Lipinski definition) is 7. The van der Waals surface area contributed by atoms with E-state index in [1.807, 2.05) is 25.2 Å². The average molecular weight is 310 g/mol. The van der Waals surface area contributed by atoms with Crippen molar-refractivity contribution >= 4 is 28.7 Å². The molecule has 0 bridgehead atoms. The number of carbonyl (C=O) groups excluding carboxylic acids is 1. The molecule has 0 aliphatic heterocycles. The molecule has 2 heterocycles. The smallest absolute Gasteiger partial charge is 0.168 e. The summed E-state index contributed by atoms with van der Waals surface area (Å²) in [5.74, 6) is 0.947. The Morgan fingerprint density at radius 2 is 2.04 bits per heavy atom. The Morgan fingerprint density at radius 1 is 1.22 bits per heavy atom. The standard InChI is InChI=1S/C11H14N4.C5H4N2O/c1-14-6-7-2-3-9-8(4-7)5-10(12)15-11(9)13;8-3-5-1-2-6-4-7-5/h2-5,14H,6H2,1H3,(H4,12,13,15);1-4H. The average Bonchev–Trinajstić information content (AvgIpc) is 2.56. The predicted octanol–water partition coefficient (Wildman–Crippen LogP) is 1.41. The lowest BCUT2D eigenvalue weighted by atomic mass is 10.1. The van der Waals surface area contributed by atoms with Crippen LogP contribution in [-0.2, 0) is 6.54 Å². The summed E-state index contributed by atoms with van der Waals surface area (Å²) in [5.41, 5.74) is 13.0. The number of rotatable bonds is 3. The van der Waals surface area contributed by atoms with Crippen LogP contribution in [0.25, 0.3) is 10.8 Å². The van der Waals surface area contributed by atoms with Gasteiger partial charge >= 0.3 is 0 Å².